The SMILES string of the molecule is c1ccc(N(c2cc(-c3cc4c(c5ccccc35)c3ccccc3n4-c3ccccc3)cc(N(c3ccccc3)c3ccc4c(c3)c3ccccc3n4-c3ccccc3)c2)c2ccc3c(c2)C(c2ccccc2)(c2ccccc2)c2ccccc2-3)cc1. The molecule has 0 bridgehead atoms. The highest BCUT2D eigenvalue weighted by Crippen LogP contribution is 2.58. The van der Waals surface area contributed by atoms with Crippen molar-refractivity contribution in [3.63, 3.8) is 0 Å². The van der Waals surface area contributed by atoms with Gasteiger partial charge in [0.25, 0.3) is 0 Å². The summed E-state index contributed by atoms with van der Waals surface area (Å²) in [5.41, 5.74) is 22.2. The summed E-state index contributed by atoms with van der Waals surface area (Å²) in [4.78, 5) is 4.94. The van der Waals surface area contributed by atoms with E-state index in [4.69, 9.17) is 0 Å². The fraction of sp³-hybridized carbons (Fsp3) is 0.0120. The molecular weight excluding hydrogens is 1050 g/mol. The van der Waals surface area contributed by atoms with E-state index in [1.165, 1.54) is 76.7 Å². The van der Waals surface area contributed by atoms with Gasteiger partial charge >= 0.3 is 0 Å². The highest BCUT2D eigenvalue weighted by molar-refractivity contribution is 6.24. The zero-order chi connectivity index (χ0) is 57.4. The number of fused-ring (bicyclic) bond motifs is 11. The van der Waals surface area contributed by atoms with Gasteiger partial charge in [-0.25, -0.2) is 0 Å². The Morgan fingerprint density at radius 2 is 0.667 bits per heavy atom. The van der Waals surface area contributed by atoms with Gasteiger partial charge in [-0.05, 0) is 171 Å². The number of anilines is 6. The Balaban J connectivity index is 0.968. The number of rotatable bonds is 11. The maximum Gasteiger partial charge on any atom is 0.0714 e. The highest BCUT2D eigenvalue weighted by atomic mass is 15.2. The molecule has 0 N–H and O–H groups in total. The van der Waals surface area contributed by atoms with Crippen LogP contribution < -0.4 is 9.80 Å². The fourth-order valence-electron chi connectivity index (χ4n) is 14.5. The molecule has 0 fully saturated rings. The summed E-state index contributed by atoms with van der Waals surface area (Å²) in [6, 6.07) is 125. The molecule has 0 saturated carbocycles. The molecule has 0 aliphatic heterocycles. The van der Waals surface area contributed by atoms with Gasteiger partial charge in [0.2, 0.25) is 0 Å². The Morgan fingerprint density at radius 1 is 0.230 bits per heavy atom. The molecule has 16 aromatic rings. The van der Waals surface area contributed by atoms with E-state index in [1.54, 1.807) is 0 Å². The quantitative estimate of drug-likeness (QED) is 0.128. The Hall–Kier alpha value is -11.5. The summed E-state index contributed by atoms with van der Waals surface area (Å²) in [5.74, 6) is 0. The van der Waals surface area contributed by atoms with Gasteiger partial charge < -0.3 is 18.9 Å². The second-order valence-electron chi connectivity index (χ2n) is 22.8. The lowest BCUT2D eigenvalue weighted by Crippen LogP contribution is -2.28. The highest BCUT2D eigenvalue weighted by Gasteiger charge is 2.46. The molecule has 0 amide bonds. The molecule has 0 radical (unpaired) electrons. The van der Waals surface area contributed by atoms with Gasteiger partial charge in [-0.2, -0.15) is 0 Å². The molecule has 0 spiro atoms. The Kier molecular flexibility index (Phi) is 11.8. The third-order valence-corrected chi connectivity index (χ3v) is 18.1. The number of nitrogens with zero attached hydrogens (tertiary/aromatic N) is 4. The Bertz CT molecular complexity index is 5230. The molecule has 0 saturated heterocycles. The van der Waals surface area contributed by atoms with E-state index in [9.17, 15) is 0 Å². The minimum Gasteiger partial charge on any atom is -0.310 e. The molecule has 408 valence electrons. The second kappa shape index (κ2) is 20.4. The zero-order valence-electron chi connectivity index (χ0n) is 47.6. The summed E-state index contributed by atoms with van der Waals surface area (Å²) in [6.45, 7) is 0. The molecule has 0 unspecified atom stereocenters. The molecule has 87 heavy (non-hydrogen) atoms. The van der Waals surface area contributed by atoms with E-state index in [1.807, 2.05) is 0 Å². The zero-order valence-corrected chi connectivity index (χ0v) is 47.6. The van der Waals surface area contributed by atoms with Gasteiger partial charge in [0.05, 0.1) is 27.5 Å². The lowest BCUT2D eigenvalue weighted by molar-refractivity contribution is 0.768. The Morgan fingerprint density at radius 3 is 1.28 bits per heavy atom. The molecule has 0 atom stereocenters. The molecule has 4 heteroatoms. The van der Waals surface area contributed by atoms with E-state index in [-0.39, 0.29) is 0 Å². The topological polar surface area (TPSA) is 16.3 Å². The van der Waals surface area contributed by atoms with Crippen molar-refractivity contribution in [1.82, 2.24) is 9.13 Å². The van der Waals surface area contributed by atoms with E-state index in [2.05, 4.69) is 359 Å². The fourth-order valence-corrected chi connectivity index (χ4v) is 14.5. The maximum absolute atomic E-state index is 2.49. The molecule has 14 aromatic carbocycles. The second-order valence-corrected chi connectivity index (χ2v) is 22.8. The molecule has 1 aliphatic rings. The summed E-state index contributed by atoms with van der Waals surface area (Å²) >= 11 is 0. The first kappa shape index (κ1) is 50.1. The predicted octanol–water partition coefficient (Wildman–Crippen LogP) is 22.0. The first-order valence-corrected chi connectivity index (χ1v) is 30.0. The number of para-hydroxylation sites is 6. The van der Waals surface area contributed by atoms with Crippen molar-refractivity contribution < 1.29 is 0 Å². The van der Waals surface area contributed by atoms with Crippen LogP contribution in [0, 0.1) is 0 Å². The van der Waals surface area contributed by atoms with E-state index in [0.717, 1.165) is 67.7 Å². The molecular formula is C83H56N4. The van der Waals surface area contributed by atoms with Gasteiger partial charge in [-0.15, -0.1) is 0 Å². The summed E-state index contributed by atoms with van der Waals surface area (Å²) in [5, 5.41) is 7.24. The standard InChI is InChI=1S/C83H56N4/c1-7-27-58(28-8-1)83(59-29-9-2-10-30-59)76-44-24-21-40-69(76)70-49-47-65(55-77(70)83)85(61-33-13-4-14-34-61)67-52-57(74-56-81-82(72-42-20-19-39-68(72)74)73-43-23-26-46-79(73)87(81)63-37-17-6-18-38-63)51-66(53-67)84(60-31-11-3-12-32-60)64-48-50-80-75(54-64)71-41-22-25-45-78(71)86(80)62-35-15-5-16-36-62/h1-56H. The molecule has 4 nitrogen and oxygen atoms in total. The summed E-state index contributed by atoms with van der Waals surface area (Å²) in [7, 11) is 0. The van der Waals surface area contributed by atoms with Gasteiger partial charge in [0, 0.05) is 67.0 Å². The van der Waals surface area contributed by atoms with E-state index in [0.29, 0.717) is 0 Å². The smallest absolute Gasteiger partial charge is 0.0714 e. The van der Waals surface area contributed by atoms with Crippen LogP contribution >= 0.6 is 0 Å². The first-order chi connectivity index (χ1) is 43.2. The average molecular weight is 1110 g/mol. The molecule has 1 aliphatic carbocycles. The van der Waals surface area contributed by atoms with Crippen molar-refractivity contribution in [1.29, 1.82) is 0 Å². The van der Waals surface area contributed by atoms with Crippen LogP contribution in [0.2, 0.25) is 0 Å². The maximum atomic E-state index is 2.49. The summed E-state index contributed by atoms with van der Waals surface area (Å²) in [6.07, 6.45) is 0. The number of benzene rings is 14. The van der Waals surface area contributed by atoms with E-state index >= 15 is 0 Å². The van der Waals surface area contributed by atoms with Crippen LogP contribution in [0.4, 0.5) is 34.1 Å². The normalized spacial score (nSPS) is 12.5. The van der Waals surface area contributed by atoms with Crippen LogP contribution in [0.25, 0.3) is 88.0 Å². The molecule has 17 rings (SSSR count). The van der Waals surface area contributed by atoms with Crippen molar-refractivity contribution in [2.45, 2.75) is 5.41 Å². The monoisotopic (exact) mass is 1110 g/mol. The van der Waals surface area contributed by atoms with Crippen molar-refractivity contribution in [3.8, 4) is 33.6 Å². The van der Waals surface area contributed by atoms with Crippen LogP contribution in [-0.4, -0.2) is 9.13 Å². The van der Waals surface area contributed by atoms with Gasteiger partial charge in [0.15, 0.2) is 0 Å². The minimum atomic E-state index is -0.599. The molecule has 2 aromatic heterocycles. The van der Waals surface area contributed by atoms with Crippen molar-refractivity contribution in [2.24, 2.45) is 0 Å². The van der Waals surface area contributed by atoms with Gasteiger partial charge in [0.1, 0.15) is 0 Å². The van der Waals surface area contributed by atoms with Crippen LogP contribution in [0.15, 0.2) is 340 Å². The van der Waals surface area contributed by atoms with Crippen molar-refractivity contribution in [3.05, 3.63) is 362 Å². The van der Waals surface area contributed by atoms with Crippen LogP contribution in [0.5, 0.6) is 0 Å². The third-order valence-electron chi connectivity index (χ3n) is 18.1. The average Bonchev–Trinajstić information content (AvgIpc) is 1.64. The largest absolute Gasteiger partial charge is 0.310 e. The van der Waals surface area contributed by atoms with Gasteiger partial charge in [-0.3, -0.25) is 0 Å². The molecule has 2 heterocycles. The van der Waals surface area contributed by atoms with Crippen LogP contribution in [0.3, 0.4) is 0 Å². The van der Waals surface area contributed by atoms with E-state index < -0.39 is 5.41 Å². The number of aromatic nitrogens is 2. The van der Waals surface area contributed by atoms with Crippen molar-refractivity contribution in [2.75, 3.05) is 9.80 Å². The minimum absolute atomic E-state index is 0.599. The Labute approximate surface area is 505 Å². The van der Waals surface area contributed by atoms with Crippen LogP contribution in [0.1, 0.15) is 22.3 Å². The first-order valence-electron chi connectivity index (χ1n) is 30.0. The lowest BCUT2D eigenvalue weighted by atomic mass is 9.67. The van der Waals surface area contributed by atoms with Gasteiger partial charge in [-0.1, -0.05) is 224 Å². The number of hydrogen-bond donors (Lipinski definition) is 0. The van der Waals surface area contributed by atoms with Crippen molar-refractivity contribution >= 4 is 88.5 Å². The summed E-state index contributed by atoms with van der Waals surface area (Å²) < 4.78 is 4.85. The predicted molar refractivity (Wildman–Crippen MR) is 365 cm³/mol. The van der Waals surface area contributed by atoms with Crippen LogP contribution in [-0.2, 0) is 5.41 Å². The lowest BCUT2D eigenvalue weighted by Gasteiger charge is -2.35. The third kappa shape index (κ3) is 7.92. The number of hydrogen-bond acceptors (Lipinski definition) is 2.